The van der Waals surface area contributed by atoms with Crippen LogP contribution in [0.15, 0.2) is 0 Å². The van der Waals surface area contributed by atoms with Crippen molar-refractivity contribution in [3.8, 4) is 0 Å². The van der Waals surface area contributed by atoms with E-state index < -0.39 is 0 Å². The van der Waals surface area contributed by atoms with Gasteiger partial charge in [0.05, 0.1) is 0 Å². The van der Waals surface area contributed by atoms with Crippen molar-refractivity contribution in [1.29, 1.82) is 0 Å². The molecule has 2 fully saturated rings. The van der Waals surface area contributed by atoms with Gasteiger partial charge in [0.15, 0.2) is 0 Å². The van der Waals surface area contributed by atoms with Gasteiger partial charge in [-0.15, -0.1) is 0 Å². The molecule has 1 amide bonds. The lowest BCUT2D eigenvalue weighted by atomic mass is 9.93. The fraction of sp³-hybridized carbons (Fsp3) is 0.750. The first-order valence-electron chi connectivity index (χ1n) is 4.09. The minimum Gasteiger partial charge on any atom is -0.353 e. The summed E-state index contributed by atoms with van der Waals surface area (Å²) in [6.45, 7) is 0. The molecule has 1 saturated heterocycles. The van der Waals surface area contributed by atoms with Crippen LogP contribution in [-0.2, 0) is 9.59 Å². The standard InChI is InChI=1S/C8H11NO2/c10-7-3-2-6-5(7)1-4-8(11)9-6/h5-6H,1-4H2,(H,9,11)/t5-,6-/m0/s1. The number of ketones is 1. The Morgan fingerprint density at radius 1 is 1.18 bits per heavy atom. The molecule has 60 valence electrons. The molecule has 0 bridgehead atoms. The molecule has 2 aliphatic rings. The van der Waals surface area contributed by atoms with Crippen LogP contribution in [0.4, 0.5) is 0 Å². The van der Waals surface area contributed by atoms with Crippen LogP contribution in [0, 0.1) is 5.92 Å². The molecule has 1 aliphatic carbocycles. The van der Waals surface area contributed by atoms with E-state index in [4.69, 9.17) is 0 Å². The van der Waals surface area contributed by atoms with Gasteiger partial charge < -0.3 is 5.32 Å². The summed E-state index contributed by atoms with van der Waals surface area (Å²) in [5.41, 5.74) is 0. The topological polar surface area (TPSA) is 46.2 Å². The van der Waals surface area contributed by atoms with E-state index in [-0.39, 0.29) is 17.9 Å². The Morgan fingerprint density at radius 2 is 2.00 bits per heavy atom. The molecule has 0 aromatic rings. The van der Waals surface area contributed by atoms with Crippen LogP contribution in [0.5, 0.6) is 0 Å². The highest BCUT2D eigenvalue weighted by Gasteiger charge is 2.38. The summed E-state index contributed by atoms with van der Waals surface area (Å²) in [6, 6.07) is 0.170. The van der Waals surface area contributed by atoms with Crippen molar-refractivity contribution in [3.05, 3.63) is 0 Å². The number of hydrogen-bond acceptors (Lipinski definition) is 2. The normalized spacial score (nSPS) is 36.7. The summed E-state index contributed by atoms with van der Waals surface area (Å²) < 4.78 is 0. The molecule has 2 atom stereocenters. The maximum atomic E-state index is 11.2. The highest BCUT2D eigenvalue weighted by atomic mass is 16.2. The zero-order chi connectivity index (χ0) is 7.84. The highest BCUT2D eigenvalue weighted by Crippen LogP contribution is 2.29. The Bertz CT molecular complexity index is 212. The summed E-state index contributed by atoms with van der Waals surface area (Å²) >= 11 is 0. The summed E-state index contributed by atoms with van der Waals surface area (Å²) in [5, 5.41) is 2.85. The van der Waals surface area contributed by atoms with Gasteiger partial charge >= 0.3 is 0 Å². The maximum Gasteiger partial charge on any atom is 0.220 e. The number of piperidine rings is 1. The number of Topliss-reactive ketones (excluding diaryl/α,β-unsaturated/α-hetero) is 1. The van der Waals surface area contributed by atoms with Crippen LogP contribution in [0.1, 0.15) is 25.7 Å². The maximum absolute atomic E-state index is 11.2. The summed E-state index contributed by atoms with van der Waals surface area (Å²) in [5.74, 6) is 0.601. The Kier molecular flexibility index (Phi) is 1.44. The van der Waals surface area contributed by atoms with Gasteiger partial charge in [-0.25, -0.2) is 0 Å². The molecular formula is C8H11NO2. The molecule has 2 rings (SSSR count). The molecule has 3 heteroatoms. The van der Waals surface area contributed by atoms with Gasteiger partial charge in [0.2, 0.25) is 5.91 Å². The van der Waals surface area contributed by atoms with Gasteiger partial charge in [0.25, 0.3) is 0 Å². The van der Waals surface area contributed by atoms with Gasteiger partial charge in [-0.05, 0) is 12.8 Å². The van der Waals surface area contributed by atoms with Crippen LogP contribution in [0.2, 0.25) is 0 Å². The van der Waals surface area contributed by atoms with Gasteiger partial charge in [-0.1, -0.05) is 0 Å². The Labute approximate surface area is 65.2 Å². The van der Waals surface area contributed by atoms with Crippen molar-refractivity contribution in [2.75, 3.05) is 0 Å². The number of carbonyl (C=O) groups is 2. The van der Waals surface area contributed by atoms with E-state index in [0.29, 0.717) is 18.6 Å². The van der Waals surface area contributed by atoms with E-state index in [0.717, 1.165) is 12.8 Å². The molecule has 1 aliphatic heterocycles. The second-order valence-electron chi connectivity index (χ2n) is 3.32. The van der Waals surface area contributed by atoms with Gasteiger partial charge in [0, 0.05) is 24.8 Å². The molecule has 1 N–H and O–H groups in total. The minimum atomic E-state index is 0.112. The van der Waals surface area contributed by atoms with E-state index in [1.165, 1.54) is 0 Å². The first-order valence-corrected chi connectivity index (χ1v) is 4.09. The first kappa shape index (κ1) is 6.83. The first-order chi connectivity index (χ1) is 5.27. The van der Waals surface area contributed by atoms with E-state index in [1.54, 1.807) is 0 Å². The Morgan fingerprint density at radius 3 is 2.82 bits per heavy atom. The number of fused-ring (bicyclic) bond motifs is 1. The SMILES string of the molecule is O=C1CC[C@@H]2C(=O)CC[C@@H]2N1. The average molecular weight is 153 g/mol. The van der Waals surface area contributed by atoms with Crippen molar-refractivity contribution in [3.63, 3.8) is 0 Å². The third-order valence-corrected chi connectivity index (χ3v) is 2.63. The predicted octanol–water partition coefficient (Wildman–Crippen LogP) is 0.244. The molecule has 0 aromatic heterocycles. The summed E-state index contributed by atoms with van der Waals surface area (Å²) in [6.07, 6.45) is 2.83. The van der Waals surface area contributed by atoms with E-state index in [9.17, 15) is 9.59 Å². The Hall–Kier alpha value is -0.860. The highest BCUT2D eigenvalue weighted by molar-refractivity contribution is 5.88. The lowest BCUT2D eigenvalue weighted by Crippen LogP contribution is -2.43. The number of rotatable bonds is 0. The van der Waals surface area contributed by atoms with Gasteiger partial charge in [0.1, 0.15) is 5.78 Å². The van der Waals surface area contributed by atoms with Crippen molar-refractivity contribution < 1.29 is 9.59 Å². The van der Waals surface area contributed by atoms with Gasteiger partial charge in [-0.3, -0.25) is 9.59 Å². The zero-order valence-electron chi connectivity index (χ0n) is 6.30. The van der Waals surface area contributed by atoms with Crippen LogP contribution in [-0.4, -0.2) is 17.7 Å². The summed E-state index contributed by atoms with van der Waals surface area (Å²) in [7, 11) is 0. The molecule has 0 radical (unpaired) electrons. The molecule has 0 unspecified atom stereocenters. The molecule has 0 aromatic carbocycles. The lowest BCUT2D eigenvalue weighted by molar-refractivity contribution is -0.126. The number of amides is 1. The second kappa shape index (κ2) is 2.32. The lowest BCUT2D eigenvalue weighted by Gasteiger charge is -2.24. The average Bonchev–Trinajstić information content (AvgIpc) is 2.32. The third-order valence-electron chi connectivity index (χ3n) is 2.63. The fourth-order valence-corrected chi connectivity index (χ4v) is 2.01. The van der Waals surface area contributed by atoms with E-state index in [1.807, 2.05) is 0 Å². The molecule has 3 nitrogen and oxygen atoms in total. The molecule has 1 heterocycles. The second-order valence-corrected chi connectivity index (χ2v) is 3.32. The van der Waals surface area contributed by atoms with Gasteiger partial charge in [-0.2, -0.15) is 0 Å². The quantitative estimate of drug-likeness (QED) is 0.542. The fourth-order valence-electron chi connectivity index (χ4n) is 2.01. The van der Waals surface area contributed by atoms with E-state index in [2.05, 4.69) is 5.32 Å². The van der Waals surface area contributed by atoms with Crippen molar-refractivity contribution in [1.82, 2.24) is 5.32 Å². The molecule has 0 spiro atoms. The summed E-state index contributed by atoms with van der Waals surface area (Å²) in [4.78, 5) is 22.1. The Balaban J connectivity index is 2.11. The zero-order valence-corrected chi connectivity index (χ0v) is 6.30. The van der Waals surface area contributed by atoms with Crippen LogP contribution >= 0.6 is 0 Å². The number of carbonyl (C=O) groups excluding carboxylic acids is 2. The van der Waals surface area contributed by atoms with E-state index >= 15 is 0 Å². The van der Waals surface area contributed by atoms with Crippen LogP contribution in [0.3, 0.4) is 0 Å². The van der Waals surface area contributed by atoms with Crippen molar-refractivity contribution in [2.45, 2.75) is 31.7 Å². The smallest absolute Gasteiger partial charge is 0.220 e. The van der Waals surface area contributed by atoms with Crippen molar-refractivity contribution >= 4 is 11.7 Å². The molecule has 11 heavy (non-hydrogen) atoms. The molecule has 1 saturated carbocycles. The monoisotopic (exact) mass is 153 g/mol. The number of nitrogens with one attached hydrogen (secondary N) is 1. The van der Waals surface area contributed by atoms with Crippen LogP contribution in [0.25, 0.3) is 0 Å². The van der Waals surface area contributed by atoms with Crippen molar-refractivity contribution in [2.24, 2.45) is 5.92 Å². The number of hydrogen-bond donors (Lipinski definition) is 1. The molecular weight excluding hydrogens is 142 g/mol. The third kappa shape index (κ3) is 1.04. The van der Waals surface area contributed by atoms with Crippen LogP contribution < -0.4 is 5.32 Å². The predicted molar refractivity (Wildman–Crippen MR) is 38.9 cm³/mol. The minimum absolute atomic E-state index is 0.112. The largest absolute Gasteiger partial charge is 0.353 e.